The van der Waals surface area contributed by atoms with Gasteiger partial charge in [0.2, 0.25) is 0 Å². The molecule has 20 nitrogen and oxygen atoms in total. The van der Waals surface area contributed by atoms with Crippen LogP contribution < -0.4 is 21.7 Å². The molecule has 4 aliphatic heterocycles. The molecule has 0 bridgehead atoms. The number of nitrogens with zero attached hydrogens (tertiary/aromatic N) is 2. The summed E-state index contributed by atoms with van der Waals surface area (Å²) in [4.78, 5) is 61.0. The molecule has 7 N–H and O–H groups in total. The van der Waals surface area contributed by atoms with Crippen LogP contribution in [0.25, 0.3) is 0 Å². The van der Waals surface area contributed by atoms with Crippen LogP contribution in [0, 0.1) is 10.8 Å². The predicted molar refractivity (Wildman–Crippen MR) is 388 cm³/mol. The van der Waals surface area contributed by atoms with Gasteiger partial charge >= 0.3 is 18.3 Å². The molecule has 0 aromatic heterocycles. The van der Waals surface area contributed by atoms with E-state index in [1.165, 1.54) is 5.56 Å². The minimum Gasteiger partial charge on any atom is -0.445 e. The van der Waals surface area contributed by atoms with Crippen LogP contribution in [-0.4, -0.2) is 125 Å². The molecule has 4 fully saturated rings. The molecule has 0 saturated carbocycles. The van der Waals surface area contributed by atoms with Gasteiger partial charge in [-0.2, -0.15) is 0 Å². The molecule has 100 heavy (non-hydrogen) atoms. The number of ether oxygens (including phenoxy) is 7. The number of epoxide rings is 4. The molecule has 10 atom stereocenters. The van der Waals surface area contributed by atoms with Gasteiger partial charge in [-0.1, -0.05) is 242 Å². The van der Waals surface area contributed by atoms with Crippen LogP contribution in [0.4, 0.5) is 14.4 Å². The molecule has 7 aromatic carbocycles. The molecule has 11 rings (SSSR count). The number of hydrogen-bond acceptors (Lipinski definition) is 17. The first-order valence-corrected chi connectivity index (χ1v) is 32.4. The topological polar surface area (TPSA) is 313 Å². The van der Waals surface area contributed by atoms with E-state index >= 15 is 0 Å². The molecule has 4 aliphatic rings. The lowest BCUT2D eigenvalue weighted by Gasteiger charge is -2.26. The zero-order valence-electron chi connectivity index (χ0n) is 55.0. The number of aliphatic hydroxyl groups excluding tert-OH is 2. The Hall–Kier alpha value is -9.17. The third kappa shape index (κ3) is 29.0. The van der Waals surface area contributed by atoms with Crippen molar-refractivity contribution in [2.75, 3.05) is 26.4 Å². The molecule has 0 radical (unpaired) electrons. The fraction of sp³-hybridized carbons (Fsp3) is 0.412. The molecular formula is C80H106N6O14. The van der Waals surface area contributed by atoms with Crippen molar-refractivity contribution in [3.63, 3.8) is 0 Å². The highest BCUT2D eigenvalue weighted by molar-refractivity contribution is 5.96. The van der Waals surface area contributed by atoms with E-state index in [1.54, 1.807) is 13.8 Å². The number of rotatable bonds is 29. The number of alkyl carbamates (subject to hydrolysis) is 3. The average Bonchev–Trinajstić information content (AvgIpc) is 1.67. The van der Waals surface area contributed by atoms with Gasteiger partial charge in [-0.15, -0.1) is 0 Å². The quantitative estimate of drug-likeness (QED) is 0.0144. The summed E-state index contributed by atoms with van der Waals surface area (Å²) < 4.78 is 36.9. The van der Waals surface area contributed by atoms with Gasteiger partial charge in [-0.3, -0.25) is 9.59 Å². The summed E-state index contributed by atoms with van der Waals surface area (Å²) in [5.41, 5.74) is 10.7. The molecule has 540 valence electrons. The molecule has 3 amide bonds. The van der Waals surface area contributed by atoms with E-state index in [9.17, 15) is 34.2 Å². The fourth-order valence-electron chi connectivity index (χ4n) is 10.3. The van der Waals surface area contributed by atoms with Crippen molar-refractivity contribution in [1.82, 2.24) is 16.0 Å². The van der Waals surface area contributed by atoms with Crippen LogP contribution in [0.5, 0.6) is 0 Å². The van der Waals surface area contributed by atoms with Gasteiger partial charge < -0.3 is 65.1 Å². The van der Waals surface area contributed by atoms with E-state index in [2.05, 4.69) is 16.0 Å². The van der Waals surface area contributed by atoms with E-state index in [1.807, 2.05) is 226 Å². The van der Waals surface area contributed by atoms with E-state index in [-0.39, 0.29) is 61.1 Å². The number of ketones is 2. The Morgan fingerprint density at radius 2 is 0.630 bits per heavy atom. The summed E-state index contributed by atoms with van der Waals surface area (Å²) in [6.07, 6.45) is 2.19. The monoisotopic (exact) mass is 1370 g/mol. The molecule has 4 heterocycles. The summed E-state index contributed by atoms with van der Waals surface area (Å²) in [5.74, 6) is -0.0754. The summed E-state index contributed by atoms with van der Waals surface area (Å²) in [6.45, 7) is 9.73. The lowest BCUT2D eigenvalue weighted by Crippen LogP contribution is -2.49. The summed E-state index contributed by atoms with van der Waals surface area (Å²) in [5, 5.41) is 41.6. The predicted octanol–water partition coefficient (Wildman–Crippen LogP) is 13.3. The maximum atomic E-state index is 12.7. The number of benzene rings is 7. The third-order valence-electron chi connectivity index (χ3n) is 16.9. The smallest absolute Gasteiger partial charge is 0.408 e. The Balaban J connectivity index is 0.000000344. The number of carbonyl (C=O) groups is 5. The zero-order valence-corrected chi connectivity index (χ0v) is 55.0. The molecule has 4 saturated heterocycles. The minimum atomic E-state index is -0.784. The van der Waals surface area contributed by atoms with Crippen molar-refractivity contribution in [1.29, 1.82) is 10.8 Å². The highest BCUT2D eigenvalue weighted by atomic mass is 16.6. The van der Waals surface area contributed by atoms with Gasteiger partial charge in [0.25, 0.3) is 0 Å². The van der Waals surface area contributed by atoms with Crippen LogP contribution in [0.15, 0.2) is 212 Å². The maximum Gasteiger partial charge on any atom is 0.408 e. The van der Waals surface area contributed by atoms with Gasteiger partial charge in [0.05, 0.1) is 50.6 Å². The Kier molecular flexibility index (Phi) is 36.3. The molecule has 0 unspecified atom stereocenters. The lowest BCUT2D eigenvalue weighted by atomic mass is 9.93. The van der Waals surface area contributed by atoms with Gasteiger partial charge in [0.1, 0.15) is 54.4 Å². The summed E-state index contributed by atoms with van der Waals surface area (Å²) >= 11 is 0. The number of aliphatic hydroxyl groups is 2. The molecule has 0 aliphatic carbocycles. The van der Waals surface area contributed by atoms with Gasteiger partial charge in [-0.25, -0.2) is 14.4 Å². The number of nitrogens with two attached hydrogens (primary N) is 1. The Morgan fingerprint density at radius 3 is 0.900 bits per heavy atom. The van der Waals surface area contributed by atoms with Crippen LogP contribution >= 0.6 is 0 Å². The first-order chi connectivity index (χ1) is 46.3. The van der Waals surface area contributed by atoms with Crippen molar-refractivity contribution < 1.29 is 67.3 Å². The summed E-state index contributed by atoms with van der Waals surface area (Å²) in [7, 11) is 0. The Labute approximate surface area is 592 Å². The van der Waals surface area contributed by atoms with Crippen molar-refractivity contribution in [3.05, 3.63) is 251 Å². The SMILES string of the molecule is C.C.C.C.C[C@@]1([C@H](O)[C@H](CCc2ccccc2)NC(=O)OCc2ccccc2)CO1.C[C@]1(C(=O)[C@@H](N)CCc2ccccc2)CO1.C[C@]1(C(=O)[C@H](CCc2ccccc2)NC(=O)OCc2ccccc2)CO1.C[C@]1([C@@H](O)[C@H](CCc2ccccc2)NC(=O)OCc2ccccc2)CO1.N#N. The van der Waals surface area contributed by atoms with Gasteiger partial charge in [0, 0.05) is 10.8 Å². The van der Waals surface area contributed by atoms with Crippen molar-refractivity contribution in [2.24, 2.45) is 5.73 Å². The minimum absolute atomic E-state index is 0. The second kappa shape index (κ2) is 42.7. The first-order valence-electron chi connectivity index (χ1n) is 32.4. The molecule has 20 heteroatoms. The van der Waals surface area contributed by atoms with Crippen LogP contribution in [0.2, 0.25) is 0 Å². The first kappa shape index (κ1) is 85.1. The lowest BCUT2D eigenvalue weighted by molar-refractivity contribution is -0.126. The van der Waals surface area contributed by atoms with Crippen molar-refractivity contribution in [3.8, 4) is 0 Å². The number of aryl methyl sites for hydroxylation is 4. The molecule has 0 spiro atoms. The number of hydrogen-bond donors (Lipinski definition) is 6. The van der Waals surface area contributed by atoms with Crippen molar-refractivity contribution in [2.45, 2.75) is 187 Å². The Morgan fingerprint density at radius 1 is 0.390 bits per heavy atom. The van der Waals surface area contributed by atoms with E-state index in [0.29, 0.717) is 58.5 Å². The number of nitrogens with one attached hydrogen (secondary N) is 3. The number of carbonyl (C=O) groups excluding carboxylic acids is 5. The van der Waals surface area contributed by atoms with Crippen LogP contribution in [-0.2, 0) is 88.3 Å². The summed E-state index contributed by atoms with van der Waals surface area (Å²) in [6, 6.07) is 66.4. The van der Waals surface area contributed by atoms with E-state index in [0.717, 1.165) is 52.6 Å². The van der Waals surface area contributed by atoms with Crippen molar-refractivity contribution >= 4 is 29.8 Å². The number of amides is 3. The van der Waals surface area contributed by atoms with Crippen LogP contribution in [0.1, 0.15) is 122 Å². The highest BCUT2D eigenvalue weighted by Gasteiger charge is 2.52. The second-order valence-corrected chi connectivity index (χ2v) is 24.9. The largest absolute Gasteiger partial charge is 0.445 e. The molecule has 7 aromatic rings. The maximum absolute atomic E-state index is 12.7. The highest BCUT2D eigenvalue weighted by Crippen LogP contribution is 2.35. The normalized spacial score (nSPS) is 19.9. The van der Waals surface area contributed by atoms with Gasteiger partial charge in [0.15, 0.2) is 11.6 Å². The third-order valence-corrected chi connectivity index (χ3v) is 16.9. The van der Waals surface area contributed by atoms with Gasteiger partial charge in [-0.05, 0) is 118 Å². The molecular weight excluding hydrogens is 1270 g/mol. The fourth-order valence-corrected chi connectivity index (χ4v) is 10.3. The average molecular weight is 1380 g/mol. The number of Topliss-reactive ketones (excluding diaryl/α,β-unsaturated/α-hetero) is 2. The zero-order chi connectivity index (χ0) is 68.8. The van der Waals surface area contributed by atoms with Crippen LogP contribution in [0.3, 0.4) is 0 Å². The second-order valence-electron chi connectivity index (χ2n) is 24.9. The standard InChI is InChI=1S/2C21H25NO4.C21H23NO4.C13H17NO2.4CH4.N2/c3*1-21(15-26-21)19(23)18(13-12-16-8-4-2-5-9-16)22-20(24)25-14-17-10-6-3-7-11-17;1-13(9-16-13)12(15)11(14)8-7-10-5-3-2-4-6-10;;;;;1-2/h2*2-11,18-19,23H,12-15H2,1H3,(H,22,24);2-11,18H,12-15H2,1H3,(H,22,24);2-6,11H,7-9,14H2,1H3;4*1H4;/t18-,19+,21-;18-,19-,21+;18-,21+;11-,13+;;;;;/m0000...../s1. The Bertz CT molecular complexity index is 3350. The van der Waals surface area contributed by atoms with E-state index < -0.39 is 77.1 Å². The van der Waals surface area contributed by atoms with E-state index in [4.69, 9.17) is 49.7 Å².